The molecule has 3 aromatic heterocycles. The molecule has 0 fully saturated rings. The van der Waals surface area contributed by atoms with E-state index < -0.39 is 0 Å². The number of hydrogen-bond donors (Lipinski definition) is 1. The molecule has 0 bridgehead atoms. The van der Waals surface area contributed by atoms with E-state index in [-0.39, 0.29) is 0 Å². The Labute approximate surface area is 166 Å². The molecule has 0 saturated heterocycles. The Bertz CT molecular complexity index is 1250. The Morgan fingerprint density at radius 1 is 0.759 bits per heavy atom. The summed E-state index contributed by atoms with van der Waals surface area (Å²) in [7, 11) is 0. The zero-order valence-corrected chi connectivity index (χ0v) is 15.4. The molecule has 7 heteroatoms. The van der Waals surface area contributed by atoms with Crippen molar-refractivity contribution in [2.75, 3.05) is 5.32 Å². The van der Waals surface area contributed by atoms with E-state index in [1.165, 1.54) is 0 Å². The molecule has 29 heavy (non-hydrogen) atoms. The SMILES string of the molecule is c1ccc(-c2nc(NCc3nc(-c4ccncc4)no3)nc3ccccc23)cc1. The normalized spacial score (nSPS) is 10.9. The Kier molecular flexibility index (Phi) is 4.38. The van der Waals surface area contributed by atoms with Crippen molar-refractivity contribution < 1.29 is 4.52 Å². The molecule has 7 nitrogen and oxygen atoms in total. The van der Waals surface area contributed by atoms with Gasteiger partial charge in [-0.25, -0.2) is 9.97 Å². The highest BCUT2D eigenvalue weighted by Gasteiger charge is 2.12. The standard InChI is InChI=1S/C22H16N6O/c1-2-6-15(7-3-1)20-17-8-4-5-9-18(17)25-22(27-20)24-14-19-26-21(28-29-19)16-10-12-23-13-11-16/h1-13H,14H2,(H,24,25,27). The van der Waals surface area contributed by atoms with E-state index in [9.17, 15) is 0 Å². The highest BCUT2D eigenvalue weighted by molar-refractivity contribution is 5.93. The summed E-state index contributed by atoms with van der Waals surface area (Å²) in [5, 5.41) is 8.22. The lowest BCUT2D eigenvalue weighted by Crippen LogP contribution is -2.05. The van der Waals surface area contributed by atoms with Crippen LogP contribution in [0.2, 0.25) is 0 Å². The molecule has 0 amide bonds. The maximum absolute atomic E-state index is 5.34. The number of benzene rings is 2. The first-order chi connectivity index (χ1) is 14.4. The van der Waals surface area contributed by atoms with Crippen molar-refractivity contribution >= 4 is 16.9 Å². The molecule has 0 aliphatic carbocycles. The third-order valence-electron chi connectivity index (χ3n) is 4.45. The van der Waals surface area contributed by atoms with Gasteiger partial charge in [-0.15, -0.1) is 0 Å². The molecule has 0 radical (unpaired) electrons. The van der Waals surface area contributed by atoms with E-state index in [0.29, 0.717) is 24.2 Å². The maximum Gasteiger partial charge on any atom is 0.246 e. The van der Waals surface area contributed by atoms with E-state index in [2.05, 4.69) is 25.4 Å². The van der Waals surface area contributed by atoms with Crippen LogP contribution < -0.4 is 5.32 Å². The molecule has 0 spiro atoms. The van der Waals surface area contributed by atoms with Gasteiger partial charge in [0.05, 0.1) is 17.8 Å². The van der Waals surface area contributed by atoms with E-state index in [0.717, 1.165) is 27.7 Å². The van der Waals surface area contributed by atoms with E-state index in [1.54, 1.807) is 12.4 Å². The summed E-state index contributed by atoms with van der Waals surface area (Å²) < 4.78 is 5.34. The monoisotopic (exact) mass is 380 g/mol. The molecule has 5 rings (SSSR count). The number of aromatic nitrogens is 5. The van der Waals surface area contributed by atoms with Crippen LogP contribution in [0.15, 0.2) is 83.6 Å². The Morgan fingerprint density at radius 2 is 1.55 bits per heavy atom. The van der Waals surface area contributed by atoms with Crippen molar-refractivity contribution in [3.8, 4) is 22.6 Å². The lowest BCUT2D eigenvalue weighted by Gasteiger charge is -2.09. The molecular weight excluding hydrogens is 364 g/mol. The minimum Gasteiger partial charge on any atom is -0.345 e. The summed E-state index contributed by atoms with van der Waals surface area (Å²) >= 11 is 0. The molecular formula is C22H16N6O. The molecule has 0 aliphatic rings. The van der Waals surface area contributed by atoms with Crippen molar-refractivity contribution in [1.29, 1.82) is 0 Å². The van der Waals surface area contributed by atoms with Gasteiger partial charge in [-0.1, -0.05) is 53.7 Å². The van der Waals surface area contributed by atoms with Crippen LogP contribution in [0.4, 0.5) is 5.95 Å². The van der Waals surface area contributed by atoms with E-state index >= 15 is 0 Å². The van der Waals surface area contributed by atoms with Crippen LogP contribution in [0, 0.1) is 0 Å². The minimum atomic E-state index is 0.324. The average Bonchev–Trinajstić information content (AvgIpc) is 3.27. The highest BCUT2D eigenvalue weighted by atomic mass is 16.5. The lowest BCUT2D eigenvalue weighted by atomic mass is 10.1. The van der Waals surface area contributed by atoms with Crippen LogP contribution in [0.5, 0.6) is 0 Å². The predicted octanol–water partition coefficient (Wildman–Crippen LogP) is 4.35. The smallest absolute Gasteiger partial charge is 0.246 e. The van der Waals surface area contributed by atoms with Crippen LogP contribution in [0.1, 0.15) is 5.89 Å². The average molecular weight is 380 g/mol. The zero-order chi connectivity index (χ0) is 19.5. The number of nitrogens with zero attached hydrogens (tertiary/aromatic N) is 5. The fraction of sp³-hybridized carbons (Fsp3) is 0.0455. The topological polar surface area (TPSA) is 89.6 Å². The van der Waals surface area contributed by atoms with Gasteiger partial charge in [0.25, 0.3) is 0 Å². The fourth-order valence-corrected chi connectivity index (χ4v) is 3.07. The second-order valence-electron chi connectivity index (χ2n) is 6.38. The van der Waals surface area contributed by atoms with Crippen LogP contribution in [-0.4, -0.2) is 25.1 Å². The number of hydrogen-bond acceptors (Lipinski definition) is 7. The van der Waals surface area contributed by atoms with Crippen LogP contribution >= 0.6 is 0 Å². The Morgan fingerprint density at radius 3 is 2.41 bits per heavy atom. The molecule has 0 saturated carbocycles. The van der Waals surface area contributed by atoms with E-state index in [4.69, 9.17) is 9.51 Å². The van der Waals surface area contributed by atoms with Gasteiger partial charge in [0.1, 0.15) is 0 Å². The number of rotatable bonds is 5. The molecule has 2 aromatic carbocycles. The molecule has 3 heterocycles. The van der Waals surface area contributed by atoms with Crippen molar-refractivity contribution in [2.45, 2.75) is 6.54 Å². The number of fused-ring (bicyclic) bond motifs is 1. The first-order valence-electron chi connectivity index (χ1n) is 9.16. The summed E-state index contributed by atoms with van der Waals surface area (Å²) in [4.78, 5) is 17.8. The third kappa shape index (κ3) is 3.53. The van der Waals surface area contributed by atoms with Gasteiger partial charge >= 0.3 is 0 Å². The van der Waals surface area contributed by atoms with Gasteiger partial charge in [-0.3, -0.25) is 4.98 Å². The van der Waals surface area contributed by atoms with Crippen LogP contribution in [0.3, 0.4) is 0 Å². The van der Waals surface area contributed by atoms with Gasteiger partial charge < -0.3 is 9.84 Å². The number of para-hydroxylation sites is 1. The zero-order valence-electron chi connectivity index (χ0n) is 15.4. The molecule has 0 unspecified atom stereocenters. The minimum absolute atomic E-state index is 0.324. The van der Waals surface area contributed by atoms with Crippen LogP contribution in [0.25, 0.3) is 33.5 Å². The maximum atomic E-state index is 5.34. The number of anilines is 1. The van der Waals surface area contributed by atoms with Crippen molar-refractivity contribution in [3.05, 3.63) is 85.0 Å². The largest absolute Gasteiger partial charge is 0.345 e. The number of nitrogens with one attached hydrogen (secondary N) is 1. The van der Waals surface area contributed by atoms with Gasteiger partial charge in [-0.2, -0.15) is 4.98 Å². The quantitative estimate of drug-likeness (QED) is 0.485. The van der Waals surface area contributed by atoms with Crippen molar-refractivity contribution in [3.63, 3.8) is 0 Å². The summed E-state index contributed by atoms with van der Waals surface area (Å²) in [5.74, 6) is 1.48. The summed E-state index contributed by atoms with van der Waals surface area (Å²) in [6.07, 6.45) is 3.38. The number of pyridine rings is 1. The van der Waals surface area contributed by atoms with Crippen LogP contribution in [-0.2, 0) is 6.54 Å². The third-order valence-corrected chi connectivity index (χ3v) is 4.45. The van der Waals surface area contributed by atoms with Gasteiger partial charge in [0.15, 0.2) is 0 Å². The molecule has 0 atom stereocenters. The fourth-order valence-electron chi connectivity index (χ4n) is 3.07. The van der Waals surface area contributed by atoms with Gasteiger partial charge in [-0.05, 0) is 18.2 Å². The van der Waals surface area contributed by atoms with Gasteiger partial charge in [0, 0.05) is 28.9 Å². The second-order valence-corrected chi connectivity index (χ2v) is 6.38. The van der Waals surface area contributed by atoms with Crippen molar-refractivity contribution in [1.82, 2.24) is 25.1 Å². The lowest BCUT2D eigenvalue weighted by molar-refractivity contribution is 0.384. The molecule has 5 aromatic rings. The first kappa shape index (κ1) is 17.0. The summed E-state index contributed by atoms with van der Waals surface area (Å²) in [6, 6.07) is 21.7. The molecule has 1 N–H and O–H groups in total. The molecule has 0 aliphatic heterocycles. The highest BCUT2D eigenvalue weighted by Crippen LogP contribution is 2.27. The Hall–Kier alpha value is -4.13. The predicted molar refractivity (Wildman–Crippen MR) is 110 cm³/mol. The van der Waals surface area contributed by atoms with Crippen molar-refractivity contribution in [2.24, 2.45) is 0 Å². The van der Waals surface area contributed by atoms with Gasteiger partial charge in [0.2, 0.25) is 17.7 Å². The van der Waals surface area contributed by atoms with E-state index in [1.807, 2.05) is 66.7 Å². The first-order valence-corrected chi connectivity index (χ1v) is 9.16. The molecule has 140 valence electrons. The Balaban J connectivity index is 1.43. The summed E-state index contributed by atoms with van der Waals surface area (Å²) in [6.45, 7) is 0.324. The summed E-state index contributed by atoms with van der Waals surface area (Å²) in [5.41, 5.74) is 3.63. The second kappa shape index (κ2) is 7.47.